The number of nitrogens with one attached hydrogen (secondary N) is 1. The molecule has 1 amide bonds. The first-order chi connectivity index (χ1) is 15.4. The summed E-state index contributed by atoms with van der Waals surface area (Å²) < 4.78 is 33.1. The molecule has 168 valence electrons. The number of amides is 1. The van der Waals surface area contributed by atoms with Crippen LogP contribution in [0, 0.1) is 0 Å². The first-order valence-electron chi connectivity index (χ1n) is 10.5. The summed E-state index contributed by atoms with van der Waals surface area (Å²) >= 11 is 6.19. The van der Waals surface area contributed by atoms with Gasteiger partial charge in [-0.1, -0.05) is 48.4 Å². The summed E-state index contributed by atoms with van der Waals surface area (Å²) in [7, 11) is -3.70. The molecule has 0 aliphatic carbocycles. The highest BCUT2D eigenvalue weighted by Gasteiger charge is 2.28. The molecule has 7 nitrogen and oxygen atoms in total. The van der Waals surface area contributed by atoms with Crippen molar-refractivity contribution < 1.29 is 17.6 Å². The van der Waals surface area contributed by atoms with Crippen molar-refractivity contribution in [2.24, 2.45) is 0 Å². The topological polar surface area (TPSA) is 92.5 Å². The fraction of sp³-hybridized carbons (Fsp3) is 0.304. The van der Waals surface area contributed by atoms with Gasteiger partial charge in [0.2, 0.25) is 15.9 Å². The molecular weight excluding hydrogens is 450 g/mol. The Kier molecular flexibility index (Phi) is 6.93. The first kappa shape index (κ1) is 22.5. The highest BCUT2D eigenvalue weighted by molar-refractivity contribution is 7.89. The van der Waals surface area contributed by atoms with Gasteiger partial charge < -0.3 is 9.73 Å². The van der Waals surface area contributed by atoms with Gasteiger partial charge in [-0.05, 0) is 31.0 Å². The molecule has 0 atom stereocenters. The number of benzene rings is 2. The number of carbonyl (C=O) groups is 1. The Morgan fingerprint density at radius 3 is 2.59 bits per heavy atom. The number of aryl methyl sites for hydroxylation is 1. The zero-order chi connectivity index (χ0) is 22.6. The molecule has 0 saturated carbocycles. The lowest BCUT2D eigenvalue weighted by Crippen LogP contribution is -2.35. The molecule has 0 unspecified atom stereocenters. The highest BCUT2D eigenvalue weighted by Crippen LogP contribution is 2.29. The number of sulfonamides is 1. The van der Waals surface area contributed by atoms with E-state index in [4.69, 9.17) is 16.0 Å². The van der Waals surface area contributed by atoms with E-state index in [0.717, 1.165) is 24.8 Å². The summed E-state index contributed by atoms with van der Waals surface area (Å²) in [5, 5.41) is 2.88. The third kappa shape index (κ3) is 5.20. The molecule has 32 heavy (non-hydrogen) atoms. The summed E-state index contributed by atoms with van der Waals surface area (Å²) in [6.07, 6.45) is 4.80. The molecular formula is C23H24ClN3O4S. The van der Waals surface area contributed by atoms with Crippen molar-refractivity contribution in [2.75, 3.05) is 18.4 Å². The molecule has 1 N–H and O–H groups in total. The maximum Gasteiger partial charge on any atom is 0.244 e. The maximum absolute atomic E-state index is 13.0. The van der Waals surface area contributed by atoms with Crippen LogP contribution in [0.2, 0.25) is 5.02 Å². The average Bonchev–Trinajstić information content (AvgIpc) is 3.29. The molecule has 0 bridgehead atoms. The van der Waals surface area contributed by atoms with E-state index in [2.05, 4.69) is 10.3 Å². The van der Waals surface area contributed by atoms with Crippen LogP contribution in [0.15, 0.2) is 64.0 Å². The van der Waals surface area contributed by atoms with Crippen molar-refractivity contribution in [3.8, 4) is 11.3 Å². The molecule has 3 aromatic rings. The zero-order valence-corrected chi connectivity index (χ0v) is 19.0. The van der Waals surface area contributed by atoms with E-state index in [1.165, 1.54) is 16.4 Å². The van der Waals surface area contributed by atoms with Crippen LogP contribution in [0.1, 0.15) is 31.6 Å². The first-order valence-corrected chi connectivity index (χ1v) is 12.3. The minimum absolute atomic E-state index is 0.0130. The Hall–Kier alpha value is -2.68. The molecule has 1 aliphatic heterocycles. The van der Waals surface area contributed by atoms with Crippen LogP contribution in [0.25, 0.3) is 11.3 Å². The number of hydrogen-bond acceptors (Lipinski definition) is 5. The van der Waals surface area contributed by atoms with Crippen molar-refractivity contribution >= 4 is 33.2 Å². The predicted octanol–water partition coefficient (Wildman–Crippen LogP) is 4.74. The van der Waals surface area contributed by atoms with Crippen LogP contribution in [-0.4, -0.2) is 36.7 Å². The average molecular weight is 474 g/mol. The van der Waals surface area contributed by atoms with Gasteiger partial charge in [-0.25, -0.2) is 13.4 Å². The number of anilines is 1. The molecule has 0 spiro atoms. The summed E-state index contributed by atoms with van der Waals surface area (Å²) in [5.41, 5.74) is 1.30. The van der Waals surface area contributed by atoms with Gasteiger partial charge in [0.15, 0.2) is 11.7 Å². The van der Waals surface area contributed by atoms with Crippen molar-refractivity contribution in [3.05, 3.63) is 65.6 Å². The fourth-order valence-electron chi connectivity index (χ4n) is 3.63. The van der Waals surface area contributed by atoms with E-state index in [1.807, 2.05) is 30.3 Å². The lowest BCUT2D eigenvalue weighted by molar-refractivity contribution is -0.116. The second-order valence-electron chi connectivity index (χ2n) is 7.64. The SMILES string of the molecule is O=C(CCc1ncc(-c2ccccc2)o1)Nc1ccc(Cl)c(S(=O)(=O)N2CCCCC2)c1. The van der Waals surface area contributed by atoms with E-state index in [-0.39, 0.29) is 22.2 Å². The van der Waals surface area contributed by atoms with Gasteiger partial charge in [-0.15, -0.1) is 0 Å². The Balaban J connectivity index is 1.39. The van der Waals surface area contributed by atoms with E-state index in [0.29, 0.717) is 36.8 Å². The van der Waals surface area contributed by atoms with Crippen LogP contribution < -0.4 is 5.32 Å². The van der Waals surface area contributed by atoms with Gasteiger partial charge in [0, 0.05) is 37.2 Å². The fourth-order valence-corrected chi connectivity index (χ4v) is 5.65. The number of rotatable bonds is 7. The van der Waals surface area contributed by atoms with Crippen LogP contribution in [0.5, 0.6) is 0 Å². The van der Waals surface area contributed by atoms with Gasteiger partial charge in [0.05, 0.1) is 11.2 Å². The number of halogens is 1. The second-order valence-corrected chi connectivity index (χ2v) is 9.96. The normalized spacial score (nSPS) is 14.9. The molecule has 1 aliphatic rings. The molecule has 0 radical (unpaired) electrons. The van der Waals surface area contributed by atoms with Gasteiger partial charge >= 0.3 is 0 Å². The van der Waals surface area contributed by atoms with Crippen molar-refractivity contribution in [1.29, 1.82) is 0 Å². The number of hydrogen-bond donors (Lipinski definition) is 1. The Labute approximate surface area is 192 Å². The minimum atomic E-state index is -3.70. The van der Waals surface area contributed by atoms with Crippen molar-refractivity contribution in [2.45, 2.75) is 37.0 Å². The maximum atomic E-state index is 13.0. The van der Waals surface area contributed by atoms with E-state index in [9.17, 15) is 13.2 Å². The Morgan fingerprint density at radius 2 is 1.84 bits per heavy atom. The third-order valence-corrected chi connectivity index (χ3v) is 7.71. The van der Waals surface area contributed by atoms with Crippen LogP contribution >= 0.6 is 11.6 Å². The molecule has 9 heteroatoms. The largest absolute Gasteiger partial charge is 0.441 e. The quantitative estimate of drug-likeness (QED) is 0.535. The van der Waals surface area contributed by atoms with Gasteiger partial charge in [0.1, 0.15) is 4.90 Å². The molecule has 1 aromatic heterocycles. The van der Waals surface area contributed by atoms with Crippen LogP contribution in [0.4, 0.5) is 5.69 Å². The third-order valence-electron chi connectivity index (χ3n) is 5.33. The highest BCUT2D eigenvalue weighted by atomic mass is 35.5. The zero-order valence-electron chi connectivity index (χ0n) is 17.5. The lowest BCUT2D eigenvalue weighted by Gasteiger charge is -2.26. The minimum Gasteiger partial charge on any atom is -0.441 e. The van der Waals surface area contributed by atoms with Gasteiger partial charge in [-0.2, -0.15) is 4.31 Å². The number of piperidine rings is 1. The van der Waals surface area contributed by atoms with E-state index in [1.54, 1.807) is 12.3 Å². The van der Waals surface area contributed by atoms with E-state index < -0.39 is 10.0 Å². The van der Waals surface area contributed by atoms with Gasteiger partial charge in [-0.3, -0.25) is 4.79 Å². The lowest BCUT2D eigenvalue weighted by atomic mass is 10.2. The molecule has 1 fully saturated rings. The number of carbonyl (C=O) groups excluding carboxylic acids is 1. The monoisotopic (exact) mass is 473 g/mol. The summed E-state index contributed by atoms with van der Waals surface area (Å²) in [6, 6.07) is 14.1. The summed E-state index contributed by atoms with van der Waals surface area (Å²) in [6.45, 7) is 0.965. The Bertz CT molecular complexity index is 1190. The van der Waals surface area contributed by atoms with Crippen LogP contribution in [-0.2, 0) is 21.2 Å². The van der Waals surface area contributed by atoms with Crippen molar-refractivity contribution in [3.63, 3.8) is 0 Å². The standard InChI is InChI=1S/C23H24ClN3O4S/c24-19-10-9-18(15-21(19)32(29,30)27-13-5-2-6-14-27)26-22(28)11-12-23-25-16-20(31-23)17-7-3-1-4-8-17/h1,3-4,7-10,15-16H,2,5-6,11-14H2,(H,26,28). The van der Waals surface area contributed by atoms with Crippen molar-refractivity contribution in [1.82, 2.24) is 9.29 Å². The molecule has 2 heterocycles. The molecule has 2 aromatic carbocycles. The number of nitrogens with zero attached hydrogens (tertiary/aromatic N) is 2. The Morgan fingerprint density at radius 1 is 1.09 bits per heavy atom. The molecule has 1 saturated heterocycles. The number of oxazole rings is 1. The smallest absolute Gasteiger partial charge is 0.244 e. The van der Waals surface area contributed by atoms with Gasteiger partial charge in [0.25, 0.3) is 0 Å². The second kappa shape index (κ2) is 9.85. The summed E-state index contributed by atoms with van der Waals surface area (Å²) in [4.78, 5) is 16.7. The molecule has 4 rings (SSSR count). The van der Waals surface area contributed by atoms with Crippen LogP contribution in [0.3, 0.4) is 0 Å². The van der Waals surface area contributed by atoms with E-state index >= 15 is 0 Å². The predicted molar refractivity (Wildman–Crippen MR) is 123 cm³/mol. The summed E-state index contributed by atoms with van der Waals surface area (Å²) in [5.74, 6) is 0.836. The number of aromatic nitrogens is 1.